The Morgan fingerprint density at radius 1 is 1.32 bits per heavy atom. The van der Waals surface area contributed by atoms with E-state index >= 15 is 0 Å². The third kappa shape index (κ3) is 3.28. The molecule has 2 unspecified atom stereocenters. The number of aliphatic hydroxyl groups is 1. The Morgan fingerprint density at radius 2 is 2.11 bits per heavy atom. The van der Waals surface area contributed by atoms with Crippen LogP contribution in [0.2, 0.25) is 0 Å². The van der Waals surface area contributed by atoms with Crippen molar-refractivity contribution >= 4 is 5.69 Å². The van der Waals surface area contributed by atoms with Crippen LogP contribution in [-0.2, 0) is 0 Å². The van der Waals surface area contributed by atoms with E-state index in [4.69, 9.17) is 5.73 Å². The van der Waals surface area contributed by atoms with Gasteiger partial charge in [-0.05, 0) is 30.9 Å². The lowest BCUT2D eigenvalue weighted by molar-refractivity contribution is 0.255. The van der Waals surface area contributed by atoms with Crippen LogP contribution in [0.3, 0.4) is 0 Å². The first-order chi connectivity index (χ1) is 9.27. The molecule has 3 N–H and O–H groups in total. The van der Waals surface area contributed by atoms with Gasteiger partial charge in [0.25, 0.3) is 0 Å². The maximum atomic E-state index is 9.66. The van der Waals surface area contributed by atoms with Crippen LogP contribution in [0, 0.1) is 0 Å². The molecule has 2 atom stereocenters. The molecule has 0 amide bonds. The van der Waals surface area contributed by atoms with Crippen LogP contribution in [-0.4, -0.2) is 24.3 Å². The first-order valence-corrected chi connectivity index (χ1v) is 7.50. The van der Waals surface area contributed by atoms with Gasteiger partial charge in [0.05, 0.1) is 12.6 Å². The number of nitrogens with two attached hydrogens (primary N) is 1. The van der Waals surface area contributed by atoms with Gasteiger partial charge in [0.15, 0.2) is 0 Å². The highest BCUT2D eigenvalue weighted by atomic mass is 16.3. The zero-order valence-corrected chi connectivity index (χ0v) is 11.9. The number of aliphatic hydroxyl groups excluding tert-OH is 1. The smallest absolute Gasteiger partial charge is 0.0635 e. The summed E-state index contributed by atoms with van der Waals surface area (Å²) in [5, 5.41) is 9.66. The van der Waals surface area contributed by atoms with E-state index in [1.807, 2.05) is 0 Å². The van der Waals surface area contributed by atoms with E-state index in [2.05, 4.69) is 36.1 Å². The lowest BCUT2D eigenvalue weighted by atomic mass is 10.0. The van der Waals surface area contributed by atoms with Crippen molar-refractivity contribution in [2.75, 3.05) is 18.1 Å². The molecule has 0 aliphatic carbocycles. The summed E-state index contributed by atoms with van der Waals surface area (Å²) < 4.78 is 0. The molecular weight excluding hydrogens is 236 g/mol. The molecule has 1 aromatic rings. The van der Waals surface area contributed by atoms with Crippen molar-refractivity contribution in [1.82, 2.24) is 0 Å². The molecule has 0 bridgehead atoms. The van der Waals surface area contributed by atoms with E-state index in [0.29, 0.717) is 0 Å². The predicted octanol–water partition coefficient (Wildman–Crippen LogP) is 2.84. The first kappa shape index (κ1) is 14.4. The molecule has 3 heteroatoms. The van der Waals surface area contributed by atoms with Crippen molar-refractivity contribution in [2.24, 2.45) is 5.73 Å². The Balaban J connectivity index is 2.32. The monoisotopic (exact) mass is 262 g/mol. The second kappa shape index (κ2) is 6.92. The van der Waals surface area contributed by atoms with E-state index < -0.39 is 0 Å². The molecule has 0 aromatic heterocycles. The zero-order chi connectivity index (χ0) is 13.7. The summed E-state index contributed by atoms with van der Waals surface area (Å²) >= 11 is 0. The number of hydrogen-bond donors (Lipinski definition) is 2. The van der Waals surface area contributed by atoms with Crippen LogP contribution in [0.15, 0.2) is 24.3 Å². The largest absolute Gasteiger partial charge is 0.394 e. The summed E-state index contributed by atoms with van der Waals surface area (Å²) in [5.74, 6) is 0. The average Bonchev–Trinajstić information content (AvgIpc) is 2.71. The minimum atomic E-state index is 0.0822. The summed E-state index contributed by atoms with van der Waals surface area (Å²) in [5.41, 5.74) is 8.67. The molecule has 3 nitrogen and oxygen atoms in total. The summed E-state index contributed by atoms with van der Waals surface area (Å²) in [4.78, 5) is 2.37. The molecule has 0 spiro atoms. The number of hydrogen-bond acceptors (Lipinski definition) is 3. The number of benzene rings is 1. The Hall–Kier alpha value is -1.06. The van der Waals surface area contributed by atoms with Crippen LogP contribution in [0.1, 0.15) is 50.6 Å². The molecule has 1 aliphatic rings. The van der Waals surface area contributed by atoms with Crippen molar-refractivity contribution in [3.8, 4) is 0 Å². The highest BCUT2D eigenvalue weighted by molar-refractivity contribution is 5.56. The molecule has 1 saturated heterocycles. The maximum absolute atomic E-state index is 9.66. The molecule has 1 aromatic carbocycles. The highest BCUT2D eigenvalue weighted by Gasteiger charge is 2.23. The fourth-order valence-corrected chi connectivity index (χ4v) is 2.97. The summed E-state index contributed by atoms with van der Waals surface area (Å²) in [6, 6.07) is 8.73. The van der Waals surface area contributed by atoms with Gasteiger partial charge in [0.2, 0.25) is 0 Å². The van der Waals surface area contributed by atoms with Gasteiger partial charge in [-0.25, -0.2) is 0 Å². The maximum Gasteiger partial charge on any atom is 0.0635 e. The van der Waals surface area contributed by atoms with Gasteiger partial charge in [-0.15, -0.1) is 0 Å². The predicted molar refractivity (Wildman–Crippen MR) is 80.3 cm³/mol. The standard InChI is InChI=1S/C16H26N2O/c1-2-15(17)14-9-5-6-10-16(14)18-11-7-3-4-8-13(18)12-19/h5-6,9-10,13,15,19H,2-4,7-8,11-12,17H2,1H3. The molecule has 0 saturated carbocycles. The van der Waals surface area contributed by atoms with Crippen LogP contribution in [0.5, 0.6) is 0 Å². The lowest BCUT2D eigenvalue weighted by Gasteiger charge is -2.33. The van der Waals surface area contributed by atoms with Gasteiger partial charge in [-0.2, -0.15) is 0 Å². The minimum absolute atomic E-state index is 0.0822. The van der Waals surface area contributed by atoms with Crippen molar-refractivity contribution in [3.05, 3.63) is 29.8 Å². The Bertz CT molecular complexity index is 394. The molecule has 1 heterocycles. The topological polar surface area (TPSA) is 49.5 Å². The van der Waals surface area contributed by atoms with E-state index in [1.165, 1.54) is 30.5 Å². The Labute approximate surface area is 116 Å². The Kier molecular flexibility index (Phi) is 5.23. The number of para-hydroxylation sites is 1. The van der Waals surface area contributed by atoms with Gasteiger partial charge in [0.1, 0.15) is 0 Å². The van der Waals surface area contributed by atoms with Crippen LogP contribution < -0.4 is 10.6 Å². The summed E-state index contributed by atoms with van der Waals surface area (Å²) in [6.45, 7) is 3.38. The number of anilines is 1. The molecule has 1 aliphatic heterocycles. The Morgan fingerprint density at radius 3 is 2.84 bits per heavy atom. The van der Waals surface area contributed by atoms with Crippen molar-refractivity contribution in [3.63, 3.8) is 0 Å². The van der Waals surface area contributed by atoms with E-state index in [-0.39, 0.29) is 18.7 Å². The van der Waals surface area contributed by atoms with Crippen molar-refractivity contribution in [2.45, 2.75) is 51.1 Å². The van der Waals surface area contributed by atoms with Gasteiger partial charge in [-0.1, -0.05) is 38.0 Å². The van der Waals surface area contributed by atoms with E-state index in [0.717, 1.165) is 19.4 Å². The molecule has 19 heavy (non-hydrogen) atoms. The molecular formula is C16H26N2O. The van der Waals surface area contributed by atoms with Gasteiger partial charge in [0, 0.05) is 18.3 Å². The molecule has 1 fully saturated rings. The number of rotatable bonds is 4. The summed E-state index contributed by atoms with van der Waals surface area (Å²) in [7, 11) is 0. The normalized spacial score (nSPS) is 22.1. The van der Waals surface area contributed by atoms with Gasteiger partial charge in [-0.3, -0.25) is 0 Å². The fourth-order valence-electron chi connectivity index (χ4n) is 2.97. The van der Waals surface area contributed by atoms with Gasteiger partial charge >= 0.3 is 0 Å². The quantitative estimate of drug-likeness (QED) is 0.877. The second-order valence-electron chi connectivity index (χ2n) is 5.45. The molecule has 106 valence electrons. The average molecular weight is 262 g/mol. The van der Waals surface area contributed by atoms with Crippen LogP contribution in [0.4, 0.5) is 5.69 Å². The highest BCUT2D eigenvalue weighted by Crippen LogP contribution is 2.31. The van der Waals surface area contributed by atoms with Crippen LogP contribution >= 0.6 is 0 Å². The third-order valence-corrected chi connectivity index (χ3v) is 4.17. The third-order valence-electron chi connectivity index (χ3n) is 4.17. The van der Waals surface area contributed by atoms with E-state index in [9.17, 15) is 5.11 Å². The van der Waals surface area contributed by atoms with Crippen LogP contribution in [0.25, 0.3) is 0 Å². The minimum Gasteiger partial charge on any atom is -0.394 e. The molecule has 0 radical (unpaired) electrons. The van der Waals surface area contributed by atoms with Gasteiger partial charge < -0.3 is 15.7 Å². The zero-order valence-electron chi connectivity index (χ0n) is 11.9. The van der Waals surface area contributed by atoms with Crippen molar-refractivity contribution in [1.29, 1.82) is 0 Å². The fraction of sp³-hybridized carbons (Fsp3) is 0.625. The van der Waals surface area contributed by atoms with Crippen molar-refractivity contribution < 1.29 is 5.11 Å². The van der Waals surface area contributed by atoms with E-state index in [1.54, 1.807) is 0 Å². The molecule has 2 rings (SSSR count). The number of nitrogens with zero attached hydrogens (tertiary/aromatic N) is 1. The summed E-state index contributed by atoms with van der Waals surface area (Å²) in [6.07, 6.45) is 5.69. The second-order valence-corrected chi connectivity index (χ2v) is 5.45. The lowest BCUT2D eigenvalue weighted by Crippen LogP contribution is -2.38. The first-order valence-electron chi connectivity index (χ1n) is 7.50. The SMILES string of the molecule is CCC(N)c1ccccc1N1CCCCCC1CO.